The Hall–Kier alpha value is -0.220. The summed E-state index contributed by atoms with van der Waals surface area (Å²) in [7, 11) is 1.89. The van der Waals surface area contributed by atoms with Gasteiger partial charge in [0.15, 0.2) is 0 Å². The molecule has 17 heavy (non-hydrogen) atoms. The summed E-state index contributed by atoms with van der Waals surface area (Å²) in [4.78, 5) is 13.7. The van der Waals surface area contributed by atoms with Crippen LogP contribution in [0.2, 0.25) is 0 Å². The van der Waals surface area contributed by atoms with Crippen molar-refractivity contribution in [3.8, 4) is 0 Å². The fourth-order valence-corrected chi connectivity index (χ4v) is 2.33. The first-order chi connectivity index (χ1) is 8.02. The molecule has 0 aromatic heterocycles. The molecule has 3 nitrogen and oxygen atoms in total. The van der Waals surface area contributed by atoms with Crippen molar-refractivity contribution >= 4 is 17.7 Å². The molecule has 0 aromatic carbocycles. The van der Waals surface area contributed by atoms with E-state index < -0.39 is 0 Å². The number of carbonyl (C=O) groups excluding carboxylic acids is 1. The van der Waals surface area contributed by atoms with Crippen LogP contribution in [0.1, 0.15) is 33.1 Å². The molecule has 2 N–H and O–H groups in total. The van der Waals surface area contributed by atoms with Crippen LogP contribution in [-0.2, 0) is 4.79 Å². The van der Waals surface area contributed by atoms with E-state index in [-0.39, 0.29) is 5.91 Å². The van der Waals surface area contributed by atoms with Crippen LogP contribution in [-0.4, -0.2) is 43.0 Å². The van der Waals surface area contributed by atoms with E-state index in [0.29, 0.717) is 18.3 Å². The lowest BCUT2D eigenvalue weighted by Crippen LogP contribution is -2.29. The first-order valence-corrected chi connectivity index (χ1v) is 7.85. The summed E-state index contributed by atoms with van der Waals surface area (Å²) < 4.78 is 0. The monoisotopic (exact) mass is 260 g/mol. The minimum atomic E-state index is 0.265. The third kappa shape index (κ3) is 7.66. The second-order valence-corrected chi connectivity index (χ2v) is 5.91. The molecule has 1 atom stereocenters. The van der Waals surface area contributed by atoms with Crippen molar-refractivity contribution in [3.63, 3.8) is 0 Å². The molecule has 1 unspecified atom stereocenters. The Morgan fingerprint density at radius 2 is 2.00 bits per heavy atom. The second-order valence-electron chi connectivity index (χ2n) is 4.93. The van der Waals surface area contributed by atoms with Crippen LogP contribution in [0.15, 0.2) is 0 Å². The number of thioether (sulfide) groups is 1. The quantitative estimate of drug-likeness (QED) is 0.691. The van der Waals surface area contributed by atoms with Gasteiger partial charge in [-0.25, -0.2) is 0 Å². The first kappa shape index (κ1) is 16.8. The van der Waals surface area contributed by atoms with Gasteiger partial charge in [0.1, 0.15) is 0 Å². The summed E-state index contributed by atoms with van der Waals surface area (Å²) in [6.45, 7) is 5.99. The smallest absolute Gasteiger partial charge is 0.222 e. The highest BCUT2D eigenvalue weighted by Gasteiger charge is 2.16. The van der Waals surface area contributed by atoms with E-state index in [9.17, 15) is 4.79 Å². The maximum absolute atomic E-state index is 11.9. The Morgan fingerprint density at radius 1 is 1.35 bits per heavy atom. The molecule has 102 valence electrons. The van der Waals surface area contributed by atoms with Gasteiger partial charge in [0.2, 0.25) is 5.91 Å². The molecule has 1 amide bonds. The molecular formula is C13H28N2OS. The van der Waals surface area contributed by atoms with Crippen molar-refractivity contribution in [2.24, 2.45) is 17.6 Å². The SMILES string of the molecule is CSCCN(C)C(=O)CCC(CCN)C(C)C. The second kappa shape index (κ2) is 9.77. The van der Waals surface area contributed by atoms with Gasteiger partial charge >= 0.3 is 0 Å². The van der Waals surface area contributed by atoms with Crippen molar-refractivity contribution < 1.29 is 4.79 Å². The largest absolute Gasteiger partial charge is 0.345 e. The molecule has 0 rings (SSSR count). The van der Waals surface area contributed by atoms with E-state index in [2.05, 4.69) is 20.1 Å². The van der Waals surface area contributed by atoms with Crippen molar-refractivity contribution in [1.82, 2.24) is 4.90 Å². The molecule has 0 aliphatic rings. The molecular weight excluding hydrogens is 232 g/mol. The molecule has 0 radical (unpaired) electrons. The van der Waals surface area contributed by atoms with Gasteiger partial charge in [-0.15, -0.1) is 0 Å². The Balaban J connectivity index is 3.94. The van der Waals surface area contributed by atoms with E-state index >= 15 is 0 Å². The fraction of sp³-hybridized carbons (Fsp3) is 0.923. The molecule has 0 bridgehead atoms. The van der Waals surface area contributed by atoms with E-state index in [0.717, 1.165) is 31.7 Å². The predicted molar refractivity (Wildman–Crippen MR) is 77.3 cm³/mol. The number of amides is 1. The summed E-state index contributed by atoms with van der Waals surface area (Å²) in [5.41, 5.74) is 5.60. The summed E-state index contributed by atoms with van der Waals surface area (Å²) >= 11 is 1.77. The van der Waals surface area contributed by atoms with Crippen LogP contribution in [0.4, 0.5) is 0 Å². The molecule has 4 heteroatoms. The number of hydrogen-bond acceptors (Lipinski definition) is 3. The van der Waals surface area contributed by atoms with Crippen LogP contribution in [0.3, 0.4) is 0 Å². The molecule has 0 saturated carbocycles. The molecule has 0 aromatic rings. The van der Waals surface area contributed by atoms with Crippen LogP contribution in [0, 0.1) is 11.8 Å². The molecule has 0 fully saturated rings. The van der Waals surface area contributed by atoms with Gasteiger partial charge in [0.05, 0.1) is 0 Å². The number of rotatable bonds is 9. The van der Waals surface area contributed by atoms with Crippen LogP contribution >= 0.6 is 11.8 Å². The zero-order valence-electron chi connectivity index (χ0n) is 11.7. The summed E-state index contributed by atoms with van der Waals surface area (Å²) in [5, 5.41) is 0. The topological polar surface area (TPSA) is 46.3 Å². The highest BCUT2D eigenvalue weighted by atomic mass is 32.2. The minimum absolute atomic E-state index is 0.265. The normalized spacial score (nSPS) is 12.8. The minimum Gasteiger partial charge on any atom is -0.345 e. The molecule has 0 spiro atoms. The zero-order chi connectivity index (χ0) is 13.3. The Labute approximate surface area is 111 Å². The van der Waals surface area contributed by atoms with Gasteiger partial charge in [0.25, 0.3) is 0 Å². The molecule has 0 aliphatic carbocycles. The lowest BCUT2D eigenvalue weighted by molar-refractivity contribution is -0.130. The van der Waals surface area contributed by atoms with E-state index in [1.165, 1.54) is 0 Å². The van der Waals surface area contributed by atoms with Gasteiger partial charge in [-0.05, 0) is 37.5 Å². The number of nitrogens with two attached hydrogens (primary N) is 1. The Kier molecular flexibility index (Phi) is 9.65. The van der Waals surface area contributed by atoms with Crippen LogP contribution in [0.25, 0.3) is 0 Å². The summed E-state index contributed by atoms with van der Waals surface area (Å²) in [5.74, 6) is 2.47. The van der Waals surface area contributed by atoms with E-state index in [4.69, 9.17) is 5.73 Å². The highest BCUT2D eigenvalue weighted by molar-refractivity contribution is 7.98. The fourth-order valence-electron chi connectivity index (χ4n) is 1.88. The standard InChI is InChI=1S/C13H28N2OS/c1-11(2)12(7-8-14)5-6-13(16)15(3)9-10-17-4/h11-12H,5-10,14H2,1-4H3. The van der Waals surface area contributed by atoms with Gasteiger partial charge < -0.3 is 10.6 Å². The number of nitrogens with zero attached hydrogens (tertiary/aromatic N) is 1. The highest BCUT2D eigenvalue weighted by Crippen LogP contribution is 2.20. The Morgan fingerprint density at radius 3 is 2.47 bits per heavy atom. The molecule has 0 saturated heterocycles. The Bertz CT molecular complexity index is 210. The molecule has 0 heterocycles. The summed E-state index contributed by atoms with van der Waals surface area (Å²) in [6, 6.07) is 0. The van der Waals surface area contributed by atoms with Crippen LogP contribution in [0.5, 0.6) is 0 Å². The lowest BCUT2D eigenvalue weighted by atomic mass is 9.88. The zero-order valence-corrected chi connectivity index (χ0v) is 12.6. The summed E-state index contributed by atoms with van der Waals surface area (Å²) in [6.07, 6.45) is 4.72. The van der Waals surface area contributed by atoms with Gasteiger partial charge in [-0.3, -0.25) is 4.79 Å². The lowest BCUT2D eigenvalue weighted by Gasteiger charge is -2.22. The van der Waals surface area contributed by atoms with Crippen LogP contribution < -0.4 is 5.73 Å². The average Bonchev–Trinajstić information content (AvgIpc) is 2.30. The average molecular weight is 260 g/mol. The maximum atomic E-state index is 11.9. The van der Waals surface area contributed by atoms with Crippen molar-refractivity contribution in [2.45, 2.75) is 33.1 Å². The maximum Gasteiger partial charge on any atom is 0.222 e. The molecule has 0 aliphatic heterocycles. The van der Waals surface area contributed by atoms with Crippen molar-refractivity contribution in [1.29, 1.82) is 0 Å². The first-order valence-electron chi connectivity index (χ1n) is 6.45. The van der Waals surface area contributed by atoms with Crippen molar-refractivity contribution in [3.05, 3.63) is 0 Å². The van der Waals surface area contributed by atoms with E-state index in [1.54, 1.807) is 11.8 Å². The third-order valence-electron chi connectivity index (χ3n) is 3.27. The number of hydrogen-bond donors (Lipinski definition) is 1. The van der Waals surface area contributed by atoms with Gasteiger partial charge in [0, 0.05) is 25.8 Å². The van der Waals surface area contributed by atoms with E-state index in [1.807, 2.05) is 11.9 Å². The third-order valence-corrected chi connectivity index (χ3v) is 3.86. The van der Waals surface area contributed by atoms with Gasteiger partial charge in [-0.1, -0.05) is 13.8 Å². The van der Waals surface area contributed by atoms with Crippen molar-refractivity contribution in [2.75, 3.05) is 32.1 Å². The predicted octanol–water partition coefficient (Wildman–Crippen LogP) is 2.21. The number of carbonyl (C=O) groups is 1. The van der Waals surface area contributed by atoms with Gasteiger partial charge in [-0.2, -0.15) is 11.8 Å².